The Balaban J connectivity index is 2.16. The minimum atomic E-state index is -0.581. The molecule has 0 atom stereocenters. The fourth-order valence-electron chi connectivity index (χ4n) is 1.93. The highest BCUT2D eigenvalue weighted by atomic mass is 79.9. The second-order valence-corrected chi connectivity index (χ2v) is 5.81. The summed E-state index contributed by atoms with van der Waals surface area (Å²) in [6.45, 7) is 2.63. The van der Waals surface area contributed by atoms with Crippen LogP contribution in [0.3, 0.4) is 0 Å². The molecule has 0 amide bonds. The molecule has 0 aliphatic rings. The van der Waals surface area contributed by atoms with E-state index in [0.29, 0.717) is 22.4 Å². The molecule has 6 heteroatoms. The van der Waals surface area contributed by atoms with Crippen molar-refractivity contribution in [2.45, 2.75) is 13.3 Å². The largest absolute Gasteiger partial charge is 0.494 e. The van der Waals surface area contributed by atoms with Crippen molar-refractivity contribution in [2.75, 3.05) is 13.7 Å². The molecular formula is C18H17BrO5. The zero-order valence-corrected chi connectivity index (χ0v) is 15.0. The molecule has 0 saturated carbocycles. The number of methoxy groups -OCH3 is 1. The number of halogens is 1. The third-order valence-corrected chi connectivity index (χ3v) is 3.61. The molecule has 0 aromatic heterocycles. The molecule has 5 nitrogen and oxygen atoms in total. The number of esters is 2. The van der Waals surface area contributed by atoms with Crippen LogP contribution in [0.2, 0.25) is 0 Å². The van der Waals surface area contributed by atoms with Crippen LogP contribution in [0.5, 0.6) is 11.5 Å². The van der Waals surface area contributed by atoms with Gasteiger partial charge < -0.3 is 14.2 Å². The molecule has 0 aliphatic heterocycles. The Kier molecular flexibility index (Phi) is 6.37. The van der Waals surface area contributed by atoms with Crippen molar-refractivity contribution in [1.82, 2.24) is 0 Å². The summed E-state index contributed by atoms with van der Waals surface area (Å²) >= 11 is 3.27. The molecule has 0 spiro atoms. The molecule has 0 radical (unpaired) electrons. The molecule has 0 bridgehead atoms. The Labute approximate surface area is 148 Å². The van der Waals surface area contributed by atoms with Crippen molar-refractivity contribution < 1.29 is 23.8 Å². The maximum absolute atomic E-state index is 12.3. The van der Waals surface area contributed by atoms with Crippen LogP contribution in [0.4, 0.5) is 0 Å². The van der Waals surface area contributed by atoms with Gasteiger partial charge in [-0.2, -0.15) is 0 Å². The summed E-state index contributed by atoms with van der Waals surface area (Å²) in [6, 6.07) is 11.4. The Morgan fingerprint density at radius 1 is 1.04 bits per heavy atom. The highest BCUT2D eigenvalue weighted by molar-refractivity contribution is 9.10. The molecule has 2 aromatic carbocycles. The van der Waals surface area contributed by atoms with Crippen LogP contribution in [-0.2, 0) is 4.74 Å². The minimum absolute atomic E-state index is 0.140. The third-order valence-electron chi connectivity index (χ3n) is 3.11. The Morgan fingerprint density at radius 3 is 2.38 bits per heavy atom. The lowest BCUT2D eigenvalue weighted by Gasteiger charge is -2.10. The van der Waals surface area contributed by atoms with Gasteiger partial charge in [0.25, 0.3) is 0 Å². The number of carbonyl (C=O) groups is 2. The summed E-state index contributed by atoms with van der Waals surface area (Å²) in [5, 5.41) is 0. The van der Waals surface area contributed by atoms with Gasteiger partial charge in [-0.15, -0.1) is 0 Å². The molecule has 0 heterocycles. The first-order chi connectivity index (χ1) is 11.5. The van der Waals surface area contributed by atoms with Gasteiger partial charge in [0.1, 0.15) is 17.1 Å². The van der Waals surface area contributed by atoms with E-state index in [1.54, 1.807) is 30.3 Å². The van der Waals surface area contributed by atoms with E-state index < -0.39 is 11.9 Å². The van der Waals surface area contributed by atoms with Gasteiger partial charge in [-0.05, 0) is 48.9 Å². The average Bonchev–Trinajstić information content (AvgIpc) is 2.61. The molecular weight excluding hydrogens is 376 g/mol. The van der Waals surface area contributed by atoms with Crippen molar-refractivity contribution in [3.63, 3.8) is 0 Å². The SMILES string of the molecule is CCCOc1ccc(C(=O)Oc2ccc(Br)cc2C(=O)OC)cc1. The van der Waals surface area contributed by atoms with Gasteiger partial charge >= 0.3 is 11.9 Å². The van der Waals surface area contributed by atoms with E-state index in [-0.39, 0.29) is 11.3 Å². The molecule has 0 N–H and O–H groups in total. The van der Waals surface area contributed by atoms with Crippen LogP contribution in [-0.4, -0.2) is 25.7 Å². The first kappa shape index (κ1) is 18.0. The molecule has 0 aliphatic carbocycles. The van der Waals surface area contributed by atoms with Crippen molar-refractivity contribution >= 4 is 27.9 Å². The quantitative estimate of drug-likeness (QED) is 0.543. The lowest BCUT2D eigenvalue weighted by molar-refractivity contribution is 0.0593. The van der Waals surface area contributed by atoms with Gasteiger partial charge in [0, 0.05) is 4.47 Å². The van der Waals surface area contributed by atoms with Crippen molar-refractivity contribution in [3.8, 4) is 11.5 Å². The highest BCUT2D eigenvalue weighted by Crippen LogP contribution is 2.25. The van der Waals surface area contributed by atoms with Crippen molar-refractivity contribution in [3.05, 3.63) is 58.1 Å². The van der Waals surface area contributed by atoms with E-state index in [2.05, 4.69) is 15.9 Å². The second-order valence-electron chi connectivity index (χ2n) is 4.89. The summed E-state index contributed by atoms with van der Waals surface area (Å²) in [5.74, 6) is -0.319. The predicted octanol–water partition coefficient (Wildman–Crippen LogP) is 4.24. The molecule has 24 heavy (non-hydrogen) atoms. The molecule has 0 saturated heterocycles. The highest BCUT2D eigenvalue weighted by Gasteiger charge is 2.17. The van der Waals surface area contributed by atoms with E-state index in [1.807, 2.05) is 6.92 Å². The first-order valence-electron chi connectivity index (χ1n) is 7.38. The van der Waals surface area contributed by atoms with Gasteiger partial charge in [0.15, 0.2) is 0 Å². The fourth-order valence-corrected chi connectivity index (χ4v) is 2.29. The fraction of sp³-hybridized carbons (Fsp3) is 0.222. The van der Waals surface area contributed by atoms with E-state index in [0.717, 1.165) is 6.42 Å². The molecule has 2 rings (SSSR count). The Bertz CT molecular complexity index is 725. The van der Waals surface area contributed by atoms with E-state index in [9.17, 15) is 9.59 Å². The smallest absolute Gasteiger partial charge is 0.343 e. The van der Waals surface area contributed by atoms with Crippen LogP contribution in [0.1, 0.15) is 34.1 Å². The van der Waals surface area contributed by atoms with Crippen LogP contribution in [0.25, 0.3) is 0 Å². The number of benzene rings is 2. The van der Waals surface area contributed by atoms with Gasteiger partial charge in [-0.3, -0.25) is 0 Å². The number of hydrogen-bond donors (Lipinski definition) is 0. The number of ether oxygens (including phenoxy) is 3. The lowest BCUT2D eigenvalue weighted by Crippen LogP contribution is -2.12. The van der Waals surface area contributed by atoms with E-state index in [1.165, 1.54) is 19.2 Å². The summed E-state index contributed by atoms with van der Waals surface area (Å²) in [5.41, 5.74) is 0.528. The third kappa shape index (κ3) is 4.58. The monoisotopic (exact) mass is 392 g/mol. The Morgan fingerprint density at radius 2 is 1.75 bits per heavy atom. The predicted molar refractivity (Wildman–Crippen MR) is 92.7 cm³/mol. The summed E-state index contributed by atoms with van der Waals surface area (Å²) in [7, 11) is 1.27. The normalized spacial score (nSPS) is 10.1. The Hall–Kier alpha value is -2.34. The van der Waals surface area contributed by atoms with Crippen LogP contribution >= 0.6 is 15.9 Å². The van der Waals surface area contributed by atoms with Gasteiger partial charge in [-0.1, -0.05) is 22.9 Å². The van der Waals surface area contributed by atoms with Gasteiger partial charge in [0.05, 0.1) is 19.3 Å². The summed E-state index contributed by atoms with van der Waals surface area (Å²) < 4.78 is 16.2. The zero-order chi connectivity index (χ0) is 17.5. The second kappa shape index (κ2) is 8.49. The maximum Gasteiger partial charge on any atom is 0.343 e. The number of carbonyl (C=O) groups excluding carboxylic acids is 2. The number of rotatable bonds is 6. The molecule has 2 aromatic rings. The topological polar surface area (TPSA) is 61.8 Å². The van der Waals surface area contributed by atoms with Gasteiger partial charge in [-0.25, -0.2) is 9.59 Å². The zero-order valence-electron chi connectivity index (χ0n) is 13.4. The minimum Gasteiger partial charge on any atom is -0.494 e. The lowest BCUT2D eigenvalue weighted by atomic mass is 10.2. The van der Waals surface area contributed by atoms with E-state index >= 15 is 0 Å². The van der Waals surface area contributed by atoms with Crippen LogP contribution < -0.4 is 9.47 Å². The molecule has 0 fully saturated rings. The summed E-state index contributed by atoms with van der Waals surface area (Å²) in [6.07, 6.45) is 0.906. The van der Waals surface area contributed by atoms with E-state index in [4.69, 9.17) is 14.2 Å². The first-order valence-corrected chi connectivity index (χ1v) is 8.17. The maximum atomic E-state index is 12.3. The molecule has 0 unspecified atom stereocenters. The number of hydrogen-bond acceptors (Lipinski definition) is 5. The van der Waals surface area contributed by atoms with Crippen LogP contribution in [0.15, 0.2) is 46.9 Å². The van der Waals surface area contributed by atoms with Gasteiger partial charge in [0.2, 0.25) is 0 Å². The standard InChI is InChI=1S/C18H17BrO5/c1-3-10-23-14-7-4-12(5-8-14)17(20)24-16-9-6-13(19)11-15(16)18(21)22-2/h4-9,11H,3,10H2,1-2H3. The van der Waals surface area contributed by atoms with Crippen molar-refractivity contribution in [1.29, 1.82) is 0 Å². The molecule has 126 valence electrons. The summed E-state index contributed by atoms with van der Waals surface area (Å²) in [4.78, 5) is 24.1. The van der Waals surface area contributed by atoms with Crippen LogP contribution in [0, 0.1) is 0 Å². The van der Waals surface area contributed by atoms with Crippen molar-refractivity contribution in [2.24, 2.45) is 0 Å². The average molecular weight is 393 g/mol.